The molecular weight excluding hydrogens is 503 g/mol. The van der Waals surface area contributed by atoms with Gasteiger partial charge in [-0.3, -0.25) is 9.89 Å². The normalized spacial score (nSPS) is 16.3. The number of nitrogens with one attached hydrogen (secondary N) is 1. The molecule has 1 aliphatic heterocycles. The maximum absolute atomic E-state index is 14.3. The molecule has 0 spiro atoms. The summed E-state index contributed by atoms with van der Waals surface area (Å²) in [7, 11) is 1.76. The van der Waals surface area contributed by atoms with Gasteiger partial charge in [0.15, 0.2) is 11.7 Å². The van der Waals surface area contributed by atoms with Gasteiger partial charge >= 0.3 is 0 Å². The summed E-state index contributed by atoms with van der Waals surface area (Å²) in [5.41, 5.74) is 1.49. The molecule has 1 aromatic heterocycles. The van der Waals surface area contributed by atoms with Crippen molar-refractivity contribution in [3.05, 3.63) is 52.9 Å². The Morgan fingerprint density at radius 2 is 1.93 bits per heavy atom. The smallest absolute Gasteiger partial charge is 0.194 e. The first-order valence-corrected chi connectivity index (χ1v) is 10.1. The Morgan fingerprint density at radius 1 is 1.20 bits per heavy atom. The molecule has 0 saturated carbocycles. The molecule has 0 radical (unpaired) electrons. The topological polar surface area (TPSA) is 56.9 Å². The van der Waals surface area contributed by atoms with Gasteiger partial charge in [0, 0.05) is 57.0 Å². The minimum atomic E-state index is -0.543. The van der Waals surface area contributed by atoms with Crippen molar-refractivity contribution < 1.29 is 13.3 Å². The number of benzene rings is 1. The van der Waals surface area contributed by atoms with E-state index in [4.69, 9.17) is 4.52 Å². The Balaban J connectivity index is 0.00000320. The van der Waals surface area contributed by atoms with Crippen LogP contribution in [0.3, 0.4) is 0 Å². The van der Waals surface area contributed by atoms with Crippen molar-refractivity contribution in [2.45, 2.75) is 39.3 Å². The lowest BCUT2D eigenvalue weighted by Gasteiger charge is -2.40. The summed E-state index contributed by atoms with van der Waals surface area (Å²) in [4.78, 5) is 8.81. The summed E-state index contributed by atoms with van der Waals surface area (Å²) in [5, 5.41) is 7.32. The van der Waals surface area contributed by atoms with Gasteiger partial charge in [0.25, 0.3) is 0 Å². The molecule has 0 amide bonds. The van der Waals surface area contributed by atoms with Crippen LogP contribution in [0.2, 0.25) is 0 Å². The van der Waals surface area contributed by atoms with E-state index < -0.39 is 11.6 Å². The molecule has 1 N–H and O–H groups in total. The number of halogens is 3. The summed E-state index contributed by atoms with van der Waals surface area (Å²) < 4.78 is 32.8. The van der Waals surface area contributed by atoms with Crippen LogP contribution in [0.4, 0.5) is 8.78 Å². The number of guanidine groups is 1. The van der Waals surface area contributed by atoms with Gasteiger partial charge in [-0.1, -0.05) is 25.1 Å². The maximum atomic E-state index is 14.3. The summed E-state index contributed by atoms with van der Waals surface area (Å²) in [6.07, 6.45) is 1.61. The summed E-state index contributed by atoms with van der Waals surface area (Å²) >= 11 is 0. The fraction of sp³-hybridized carbons (Fsp3) is 0.524. The van der Waals surface area contributed by atoms with Gasteiger partial charge in [-0.05, 0) is 18.9 Å². The molecule has 2 heterocycles. The highest BCUT2D eigenvalue weighted by atomic mass is 127. The van der Waals surface area contributed by atoms with Crippen molar-refractivity contribution in [2.24, 2.45) is 4.99 Å². The second kappa shape index (κ2) is 11.6. The average Bonchev–Trinajstić information content (AvgIpc) is 3.19. The number of aliphatic imine (C=N–C) groups is 1. The fourth-order valence-electron chi connectivity index (χ4n) is 3.80. The van der Waals surface area contributed by atoms with Gasteiger partial charge in [-0.15, -0.1) is 24.0 Å². The second-order valence-electron chi connectivity index (χ2n) is 7.15. The van der Waals surface area contributed by atoms with E-state index in [2.05, 4.69) is 25.3 Å². The van der Waals surface area contributed by atoms with Crippen LogP contribution in [0.5, 0.6) is 0 Å². The van der Waals surface area contributed by atoms with Crippen LogP contribution in [0.25, 0.3) is 0 Å². The highest BCUT2D eigenvalue weighted by molar-refractivity contribution is 14.0. The van der Waals surface area contributed by atoms with Crippen LogP contribution >= 0.6 is 24.0 Å². The van der Waals surface area contributed by atoms with Gasteiger partial charge in [-0.25, -0.2) is 8.78 Å². The molecule has 0 aliphatic carbocycles. The minimum absolute atomic E-state index is 0. The predicted molar refractivity (Wildman–Crippen MR) is 124 cm³/mol. The van der Waals surface area contributed by atoms with E-state index >= 15 is 0 Å². The highest BCUT2D eigenvalue weighted by Gasteiger charge is 2.27. The monoisotopic (exact) mass is 533 g/mol. The second-order valence-corrected chi connectivity index (χ2v) is 7.15. The van der Waals surface area contributed by atoms with Crippen LogP contribution in [-0.2, 0) is 13.0 Å². The Labute approximate surface area is 193 Å². The molecule has 1 fully saturated rings. The number of nitrogens with zero attached hydrogens (tertiary/aromatic N) is 4. The summed E-state index contributed by atoms with van der Waals surface area (Å²) in [5.74, 6) is 0.563. The minimum Gasteiger partial charge on any atom is -0.359 e. The number of rotatable bonds is 6. The Hall–Kier alpha value is -1.75. The van der Waals surface area contributed by atoms with E-state index in [1.165, 1.54) is 6.07 Å². The molecule has 166 valence electrons. The molecule has 9 heteroatoms. The van der Waals surface area contributed by atoms with Crippen LogP contribution in [0.15, 0.2) is 33.8 Å². The molecule has 1 saturated heterocycles. The van der Waals surface area contributed by atoms with Crippen LogP contribution in [-0.4, -0.2) is 54.1 Å². The van der Waals surface area contributed by atoms with Crippen molar-refractivity contribution >= 4 is 29.9 Å². The van der Waals surface area contributed by atoms with E-state index in [-0.39, 0.29) is 30.0 Å². The number of aryl methyl sites for hydroxylation is 1. The van der Waals surface area contributed by atoms with E-state index in [1.807, 2.05) is 19.9 Å². The number of hydrogen-bond donors (Lipinski definition) is 1. The molecule has 6 nitrogen and oxygen atoms in total. The van der Waals surface area contributed by atoms with Crippen molar-refractivity contribution in [3.63, 3.8) is 0 Å². The maximum Gasteiger partial charge on any atom is 0.194 e. The van der Waals surface area contributed by atoms with Crippen LogP contribution in [0.1, 0.15) is 43.3 Å². The Morgan fingerprint density at radius 3 is 2.50 bits per heavy atom. The zero-order valence-electron chi connectivity index (χ0n) is 17.7. The molecular formula is C21H30F2IN5O. The zero-order chi connectivity index (χ0) is 20.8. The van der Waals surface area contributed by atoms with Crippen LogP contribution < -0.4 is 5.32 Å². The molecule has 1 aliphatic rings. The zero-order valence-corrected chi connectivity index (χ0v) is 20.0. The molecule has 30 heavy (non-hydrogen) atoms. The highest BCUT2D eigenvalue weighted by Crippen LogP contribution is 2.28. The van der Waals surface area contributed by atoms with E-state index in [1.54, 1.807) is 13.1 Å². The third-order valence-corrected chi connectivity index (χ3v) is 5.37. The lowest BCUT2D eigenvalue weighted by Crippen LogP contribution is -2.53. The quantitative estimate of drug-likeness (QED) is 0.346. The van der Waals surface area contributed by atoms with Gasteiger partial charge in [0.05, 0.1) is 12.2 Å². The molecule has 1 aromatic carbocycles. The Bertz CT molecular complexity index is 837. The molecule has 1 atom stereocenters. The van der Waals surface area contributed by atoms with Gasteiger partial charge < -0.3 is 14.7 Å². The largest absolute Gasteiger partial charge is 0.359 e. The predicted octanol–water partition coefficient (Wildman–Crippen LogP) is 3.98. The Kier molecular flexibility index (Phi) is 9.47. The molecule has 3 rings (SSSR count). The first kappa shape index (κ1) is 24.5. The molecule has 0 bridgehead atoms. The number of hydrogen-bond acceptors (Lipinski definition) is 4. The number of aromatic nitrogens is 1. The van der Waals surface area contributed by atoms with Crippen LogP contribution in [0, 0.1) is 11.6 Å². The van der Waals surface area contributed by atoms with Gasteiger partial charge in [-0.2, -0.15) is 0 Å². The van der Waals surface area contributed by atoms with Crippen molar-refractivity contribution in [2.75, 3.05) is 33.2 Å². The summed E-state index contributed by atoms with van der Waals surface area (Å²) in [6, 6.07) is 5.74. The lowest BCUT2D eigenvalue weighted by atomic mass is 10.0. The van der Waals surface area contributed by atoms with Crippen molar-refractivity contribution in [1.82, 2.24) is 20.3 Å². The third kappa shape index (κ3) is 5.90. The lowest BCUT2D eigenvalue weighted by molar-refractivity contribution is 0.124. The number of piperazine rings is 1. The van der Waals surface area contributed by atoms with E-state index in [0.717, 1.165) is 62.5 Å². The SMILES string of the molecule is CCc1cc(CNC(=NC)N2CCN(C(CC)c3ccc(F)cc3F)CC2)on1.I. The first-order chi connectivity index (χ1) is 14.0. The standard InChI is InChI=1S/C21H29F2N5O.HI/c1-4-16-13-17(29-26-16)14-25-21(24-3)28-10-8-27(9-11-28)20(5-2)18-7-6-15(22)12-19(18)23;/h6-7,12-13,20H,4-5,8-11,14H2,1-3H3,(H,24,25);1H. The molecule has 1 unspecified atom stereocenters. The van der Waals surface area contributed by atoms with E-state index in [0.29, 0.717) is 12.1 Å². The third-order valence-electron chi connectivity index (χ3n) is 5.37. The van der Waals surface area contributed by atoms with Gasteiger partial charge in [0.1, 0.15) is 11.6 Å². The first-order valence-electron chi connectivity index (χ1n) is 10.1. The molecule has 2 aromatic rings. The van der Waals surface area contributed by atoms with E-state index in [9.17, 15) is 8.78 Å². The fourth-order valence-corrected chi connectivity index (χ4v) is 3.80. The van der Waals surface area contributed by atoms with Gasteiger partial charge in [0.2, 0.25) is 0 Å². The average molecular weight is 533 g/mol. The van der Waals surface area contributed by atoms with Crippen molar-refractivity contribution in [1.29, 1.82) is 0 Å². The van der Waals surface area contributed by atoms with Crippen molar-refractivity contribution in [3.8, 4) is 0 Å². The summed E-state index contributed by atoms with van der Waals surface area (Å²) in [6.45, 7) is 7.69.